The predicted molar refractivity (Wildman–Crippen MR) is 177 cm³/mol. The smallest absolute Gasteiger partial charge is 0.162 e. The van der Waals surface area contributed by atoms with E-state index in [0.717, 1.165) is 25.7 Å². The molecule has 0 amide bonds. The summed E-state index contributed by atoms with van der Waals surface area (Å²) in [5, 5.41) is -2.12. The number of hydrogen-bond acceptors (Lipinski definition) is 8. The molecule has 0 aromatic carbocycles. The van der Waals surface area contributed by atoms with Crippen LogP contribution in [-0.4, -0.2) is 76.8 Å². The van der Waals surface area contributed by atoms with Crippen LogP contribution in [0.5, 0.6) is 0 Å². The summed E-state index contributed by atoms with van der Waals surface area (Å²) in [6.07, 6.45) is 11.8. The molecule has 8 unspecified atom stereocenters. The van der Waals surface area contributed by atoms with Gasteiger partial charge in [-0.15, -0.1) is 0 Å². The molecule has 0 bridgehead atoms. The van der Waals surface area contributed by atoms with E-state index in [1.54, 1.807) is 13.8 Å². The summed E-state index contributed by atoms with van der Waals surface area (Å²) in [4.78, 5) is 27.1. The summed E-state index contributed by atoms with van der Waals surface area (Å²) in [7, 11) is -7.44. The Kier molecular flexibility index (Phi) is 14.5. The number of hydrogen-bond donors (Lipinski definition) is 0. The van der Waals surface area contributed by atoms with Gasteiger partial charge in [-0.25, -0.2) is 16.8 Å². The Morgan fingerprint density at radius 1 is 0.682 bits per heavy atom. The van der Waals surface area contributed by atoms with Crippen LogP contribution in [0.15, 0.2) is 24.3 Å². The van der Waals surface area contributed by atoms with Crippen LogP contribution in [0.4, 0.5) is 0 Å². The SMILES string of the molecule is CCC(C(=O)C1C(C)C=CCC1(C)CC)S(=O)(=O)CCOCCOCCS(=O)(=O)C(CC)C(=O)C1C(C)C=CCC1(C)CC. The minimum atomic E-state index is -3.72. The van der Waals surface area contributed by atoms with E-state index in [9.17, 15) is 26.4 Å². The highest BCUT2D eigenvalue weighted by molar-refractivity contribution is 7.93. The topological polar surface area (TPSA) is 121 Å². The molecule has 44 heavy (non-hydrogen) atoms. The van der Waals surface area contributed by atoms with Gasteiger partial charge in [0.2, 0.25) is 0 Å². The first-order chi connectivity index (χ1) is 20.5. The number of carbonyl (C=O) groups is 2. The van der Waals surface area contributed by atoms with Gasteiger partial charge >= 0.3 is 0 Å². The van der Waals surface area contributed by atoms with E-state index in [4.69, 9.17) is 9.47 Å². The lowest BCUT2D eigenvalue weighted by molar-refractivity contribution is -0.129. The zero-order chi connectivity index (χ0) is 33.3. The Labute approximate surface area is 267 Å². The summed E-state index contributed by atoms with van der Waals surface area (Å²) >= 11 is 0. The third-order valence-electron chi connectivity index (χ3n) is 10.5. The molecule has 0 saturated heterocycles. The van der Waals surface area contributed by atoms with Crippen LogP contribution < -0.4 is 0 Å². The fourth-order valence-corrected chi connectivity index (χ4v) is 10.7. The normalized spacial score (nSPS) is 30.6. The number of rotatable bonds is 19. The van der Waals surface area contributed by atoms with E-state index in [2.05, 4.69) is 26.0 Å². The molecular weight excluding hydrogens is 601 g/mol. The highest BCUT2D eigenvalue weighted by atomic mass is 32.2. The van der Waals surface area contributed by atoms with E-state index in [1.807, 2.05) is 39.8 Å². The van der Waals surface area contributed by atoms with Gasteiger partial charge in [-0.3, -0.25) is 9.59 Å². The summed E-state index contributed by atoms with van der Waals surface area (Å²) in [6, 6.07) is 0. The molecule has 0 saturated carbocycles. The lowest BCUT2D eigenvalue weighted by atomic mass is 9.62. The molecule has 2 aliphatic rings. The molecule has 0 aromatic rings. The average Bonchev–Trinajstić information content (AvgIpc) is 2.94. The molecule has 0 heterocycles. The average molecular weight is 659 g/mol. The molecule has 0 aliphatic heterocycles. The first-order valence-electron chi connectivity index (χ1n) is 16.5. The third kappa shape index (κ3) is 9.13. The molecule has 2 aliphatic carbocycles. The Balaban J connectivity index is 1.84. The van der Waals surface area contributed by atoms with Crippen molar-refractivity contribution in [2.75, 3.05) is 37.9 Å². The zero-order valence-electron chi connectivity index (χ0n) is 28.3. The zero-order valence-corrected chi connectivity index (χ0v) is 30.0. The van der Waals surface area contributed by atoms with Gasteiger partial charge in [0, 0.05) is 11.8 Å². The number of sulfone groups is 2. The second-order valence-corrected chi connectivity index (χ2v) is 18.1. The van der Waals surface area contributed by atoms with Gasteiger partial charge in [-0.1, -0.05) is 79.7 Å². The van der Waals surface area contributed by atoms with Crippen LogP contribution in [0.25, 0.3) is 0 Å². The highest BCUT2D eigenvalue weighted by Crippen LogP contribution is 2.46. The van der Waals surface area contributed by atoms with Crippen LogP contribution in [0.2, 0.25) is 0 Å². The lowest BCUT2D eigenvalue weighted by Crippen LogP contribution is -2.46. The summed E-state index contributed by atoms with van der Waals surface area (Å²) in [6.45, 7) is 15.7. The van der Waals surface area contributed by atoms with Crippen LogP contribution in [-0.2, 0) is 38.7 Å². The van der Waals surface area contributed by atoms with Gasteiger partial charge in [-0.05, 0) is 61.2 Å². The van der Waals surface area contributed by atoms with Gasteiger partial charge < -0.3 is 9.47 Å². The lowest BCUT2D eigenvalue weighted by Gasteiger charge is -2.42. The monoisotopic (exact) mass is 658 g/mol. The van der Waals surface area contributed by atoms with Crippen molar-refractivity contribution in [1.29, 1.82) is 0 Å². The first kappa shape index (κ1) is 38.8. The fraction of sp³-hybridized carbons (Fsp3) is 0.824. The molecule has 10 heteroatoms. The second kappa shape index (κ2) is 16.5. The summed E-state index contributed by atoms with van der Waals surface area (Å²) in [5.74, 6) is -1.65. The van der Waals surface area contributed by atoms with Crippen molar-refractivity contribution < 1.29 is 35.9 Å². The molecular formula is C34H58O8S2. The van der Waals surface area contributed by atoms with E-state index in [1.165, 1.54) is 0 Å². The summed E-state index contributed by atoms with van der Waals surface area (Å²) < 4.78 is 63.8. The maximum absolute atomic E-state index is 13.6. The van der Waals surface area contributed by atoms with E-state index < -0.39 is 30.2 Å². The number of ketones is 2. The molecule has 0 fully saturated rings. The fourth-order valence-electron chi connectivity index (χ4n) is 7.40. The van der Waals surface area contributed by atoms with Crippen LogP contribution in [0.1, 0.15) is 93.9 Å². The van der Waals surface area contributed by atoms with E-state index in [0.29, 0.717) is 0 Å². The quantitative estimate of drug-likeness (QED) is 0.126. The maximum Gasteiger partial charge on any atom is 0.162 e. The Morgan fingerprint density at radius 3 is 1.32 bits per heavy atom. The van der Waals surface area contributed by atoms with Crippen LogP contribution in [0.3, 0.4) is 0 Å². The first-order valence-corrected chi connectivity index (χ1v) is 20.0. The number of allylic oxidation sites excluding steroid dienone is 4. The standard InChI is InChI=1S/C34H58O8S2/c1-9-27(31(35)29-25(5)15-13-17-33(29,7)11-3)43(37,38)23-21-41-19-20-42-22-24-44(39,40)28(10-2)32(36)30-26(6)16-14-18-34(30,8)12-4/h13-16,25-30H,9-12,17-24H2,1-8H3. The molecule has 0 spiro atoms. The molecule has 0 radical (unpaired) electrons. The highest BCUT2D eigenvalue weighted by Gasteiger charge is 2.47. The minimum Gasteiger partial charge on any atom is -0.378 e. The van der Waals surface area contributed by atoms with Crippen molar-refractivity contribution in [1.82, 2.24) is 0 Å². The van der Waals surface area contributed by atoms with Crippen molar-refractivity contribution in [3.05, 3.63) is 24.3 Å². The maximum atomic E-state index is 13.6. The molecule has 254 valence electrons. The molecule has 2 rings (SSSR count). The molecule has 8 atom stereocenters. The molecule has 0 aromatic heterocycles. The van der Waals surface area contributed by atoms with Gasteiger partial charge in [0.05, 0.1) is 37.9 Å². The number of Topliss-reactive ketones (excluding diaryl/α,β-unsaturated/α-hetero) is 2. The Hall–Kier alpha value is -1.36. The van der Waals surface area contributed by atoms with Crippen LogP contribution in [0, 0.1) is 34.5 Å². The summed E-state index contributed by atoms with van der Waals surface area (Å²) in [5.41, 5.74) is -0.524. The Morgan fingerprint density at radius 2 is 1.02 bits per heavy atom. The van der Waals surface area contributed by atoms with E-state index in [-0.39, 0.29) is 96.8 Å². The molecule has 0 N–H and O–H groups in total. The third-order valence-corrected chi connectivity index (χ3v) is 14.8. The largest absolute Gasteiger partial charge is 0.378 e. The van der Waals surface area contributed by atoms with Crippen LogP contribution >= 0.6 is 0 Å². The van der Waals surface area contributed by atoms with Gasteiger partial charge in [0.1, 0.15) is 10.5 Å². The molecule has 8 nitrogen and oxygen atoms in total. The van der Waals surface area contributed by atoms with Crippen molar-refractivity contribution in [3.63, 3.8) is 0 Å². The minimum absolute atomic E-state index is 0.0158. The van der Waals surface area contributed by atoms with Crippen molar-refractivity contribution in [2.45, 2.75) is 104 Å². The number of carbonyl (C=O) groups excluding carboxylic acids is 2. The van der Waals surface area contributed by atoms with E-state index >= 15 is 0 Å². The van der Waals surface area contributed by atoms with Gasteiger partial charge in [0.15, 0.2) is 31.2 Å². The van der Waals surface area contributed by atoms with Crippen molar-refractivity contribution in [3.8, 4) is 0 Å². The predicted octanol–water partition coefficient (Wildman–Crippen LogP) is 5.80. The second-order valence-electron chi connectivity index (χ2n) is 13.5. The number of ether oxygens (including phenoxy) is 2. The van der Waals surface area contributed by atoms with Gasteiger partial charge in [0.25, 0.3) is 0 Å². The van der Waals surface area contributed by atoms with Gasteiger partial charge in [-0.2, -0.15) is 0 Å². The van der Waals surface area contributed by atoms with Crippen molar-refractivity contribution in [2.24, 2.45) is 34.5 Å². The Bertz CT molecular complexity index is 1140. The van der Waals surface area contributed by atoms with Crippen molar-refractivity contribution >= 4 is 31.2 Å².